The van der Waals surface area contributed by atoms with Crippen molar-refractivity contribution in [3.8, 4) is 0 Å². The van der Waals surface area contributed by atoms with Crippen LogP contribution in [-0.4, -0.2) is 21.8 Å². The minimum atomic E-state index is -2.47. The summed E-state index contributed by atoms with van der Waals surface area (Å²) in [5.74, 6) is 0.778. The average molecular weight is 309 g/mol. The van der Waals surface area contributed by atoms with Crippen LogP contribution in [0.3, 0.4) is 0 Å². The number of amides is 1. The summed E-state index contributed by atoms with van der Waals surface area (Å²) >= 11 is 0. The van der Waals surface area contributed by atoms with E-state index in [-0.39, 0.29) is 5.69 Å². The van der Waals surface area contributed by atoms with Gasteiger partial charge < -0.3 is 5.32 Å². The summed E-state index contributed by atoms with van der Waals surface area (Å²) in [5, 5.41) is 2.73. The van der Waals surface area contributed by atoms with E-state index in [1.807, 2.05) is 13.8 Å². The van der Waals surface area contributed by atoms with Crippen molar-refractivity contribution in [1.29, 1.82) is 0 Å². The first-order valence-electron chi connectivity index (χ1n) is 7.37. The van der Waals surface area contributed by atoms with Crippen LogP contribution in [-0.2, 0) is 4.79 Å². The molecule has 0 saturated heterocycles. The summed E-state index contributed by atoms with van der Waals surface area (Å²) in [6.45, 7) is 5.63. The molecule has 1 aliphatic rings. The van der Waals surface area contributed by atoms with Crippen molar-refractivity contribution in [2.45, 2.75) is 46.1 Å². The van der Waals surface area contributed by atoms with Gasteiger partial charge in [-0.15, -0.1) is 0 Å². The van der Waals surface area contributed by atoms with Crippen LogP contribution in [0, 0.1) is 19.8 Å². The Balaban J connectivity index is 0.000000188. The molecular formula is C16H21F2N3O. The quantitative estimate of drug-likeness (QED) is 0.880. The third-order valence-electron chi connectivity index (χ3n) is 3.86. The summed E-state index contributed by atoms with van der Waals surface area (Å²) in [6, 6.07) is 3.61. The Labute approximate surface area is 128 Å². The summed E-state index contributed by atoms with van der Waals surface area (Å²) in [5.41, 5.74) is 2.14. The van der Waals surface area contributed by atoms with Gasteiger partial charge in [-0.1, -0.05) is 0 Å². The van der Waals surface area contributed by atoms with Crippen molar-refractivity contribution in [3.05, 3.63) is 35.3 Å². The number of hydrogen-bond acceptors (Lipinski definition) is 2. The van der Waals surface area contributed by atoms with E-state index in [1.165, 1.54) is 23.3 Å². The predicted octanol–water partition coefficient (Wildman–Crippen LogP) is 3.42. The Hall–Kier alpha value is -1.98. The Morgan fingerprint density at radius 1 is 1.41 bits per heavy atom. The van der Waals surface area contributed by atoms with Gasteiger partial charge >= 0.3 is 0 Å². The van der Waals surface area contributed by atoms with Gasteiger partial charge in [0, 0.05) is 17.9 Å². The minimum Gasteiger partial charge on any atom is -0.356 e. The number of aryl methyl sites for hydroxylation is 2. The number of halogens is 2. The van der Waals surface area contributed by atoms with Crippen LogP contribution in [0.25, 0.3) is 5.65 Å². The molecule has 1 aliphatic carbocycles. The first-order chi connectivity index (χ1) is 10.4. The number of nitrogens with one attached hydrogen (secondary N) is 1. The van der Waals surface area contributed by atoms with E-state index in [0.29, 0.717) is 17.4 Å². The lowest BCUT2D eigenvalue weighted by Crippen LogP contribution is -2.25. The number of alkyl halides is 2. The van der Waals surface area contributed by atoms with Gasteiger partial charge in [-0.05, 0) is 57.2 Å². The first kappa shape index (κ1) is 16.4. The maximum absolute atomic E-state index is 12.6. The molecule has 0 aromatic carbocycles. The van der Waals surface area contributed by atoms with Crippen LogP contribution in [0.4, 0.5) is 8.78 Å². The maximum Gasteiger partial charge on any atom is 0.278 e. The molecule has 1 amide bonds. The van der Waals surface area contributed by atoms with E-state index in [4.69, 9.17) is 0 Å². The zero-order valence-electron chi connectivity index (χ0n) is 13.0. The summed E-state index contributed by atoms with van der Waals surface area (Å²) in [6.07, 6.45) is 2.53. The van der Waals surface area contributed by atoms with E-state index >= 15 is 0 Å². The van der Waals surface area contributed by atoms with Crippen molar-refractivity contribution in [2.24, 2.45) is 5.92 Å². The topological polar surface area (TPSA) is 46.4 Å². The van der Waals surface area contributed by atoms with Crippen LogP contribution in [0.2, 0.25) is 0 Å². The lowest BCUT2D eigenvalue weighted by atomic mass is 10.2. The highest BCUT2D eigenvalue weighted by Gasteiger charge is 2.27. The number of carbonyl (C=O) groups excluding carboxylic acids is 1. The van der Waals surface area contributed by atoms with Crippen LogP contribution < -0.4 is 5.32 Å². The molecule has 1 N–H and O–H groups in total. The van der Waals surface area contributed by atoms with E-state index in [2.05, 4.69) is 10.3 Å². The molecule has 0 aliphatic heterocycles. The predicted molar refractivity (Wildman–Crippen MR) is 81.0 cm³/mol. The highest BCUT2D eigenvalue weighted by atomic mass is 19.3. The van der Waals surface area contributed by atoms with E-state index in [1.54, 1.807) is 19.2 Å². The Bertz CT molecular complexity index is 650. The Kier molecular flexibility index (Phi) is 5.11. The monoisotopic (exact) mass is 309 g/mol. The minimum absolute atomic E-state index is 0.000556. The number of aromatic nitrogens is 2. The lowest BCUT2D eigenvalue weighted by Gasteiger charge is -2.06. The molecule has 0 radical (unpaired) electrons. The van der Waals surface area contributed by atoms with Crippen LogP contribution in [0.5, 0.6) is 0 Å². The van der Waals surface area contributed by atoms with Gasteiger partial charge in [0.2, 0.25) is 6.41 Å². The SMILES string of the molecule is CC(NC=O)C1CC1.Cc1cc(C(F)F)n2ccc(C)c2n1. The summed E-state index contributed by atoms with van der Waals surface area (Å²) < 4.78 is 26.7. The molecule has 4 nitrogen and oxygen atoms in total. The molecule has 0 spiro atoms. The molecule has 1 saturated carbocycles. The van der Waals surface area contributed by atoms with Crippen LogP contribution in [0.1, 0.15) is 43.1 Å². The van der Waals surface area contributed by atoms with Crippen molar-refractivity contribution in [2.75, 3.05) is 0 Å². The van der Waals surface area contributed by atoms with Crippen molar-refractivity contribution < 1.29 is 13.6 Å². The molecule has 1 unspecified atom stereocenters. The fourth-order valence-corrected chi connectivity index (χ4v) is 2.36. The highest BCUT2D eigenvalue weighted by Crippen LogP contribution is 2.31. The number of carbonyl (C=O) groups is 1. The first-order valence-corrected chi connectivity index (χ1v) is 7.37. The van der Waals surface area contributed by atoms with Gasteiger partial charge in [-0.3, -0.25) is 9.20 Å². The number of hydrogen-bond donors (Lipinski definition) is 1. The van der Waals surface area contributed by atoms with Gasteiger partial charge in [-0.25, -0.2) is 13.8 Å². The molecule has 2 aromatic heterocycles. The van der Waals surface area contributed by atoms with Gasteiger partial charge in [0.25, 0.3) is 6.43 Å². The fourth-order valence-electron chi connectivity index (χ4n) is 2.36. The fraction of sp³-hybridized carbons (Fsp3) is 0.500. The molecule has 2 aromatic rings. The smallest absolute Gasteiger partial charge is 0.278 e. The number of nitrogens with zero attached hydrogens (tertiary/aromatic N) is 2. The normalized spacial score (nSPS) is 15.4. The largest absolute Gasteiger partial charge is 0.356 e. The molecule has 2 heterocycles. The summed E-state index contributed by atoms with van der Waals surface area (Å²) in [4.78, 5) is 14.0. The third kappa shape index (κ3) is 3.81. The average Bonchev–Trinajstić information content (AvgIpc) is 3.25. The molecular weight excluding hydrogens is 288 g/mol. The zero-order valence-corrected chi connectivity index (χ0v) is 13.0. The van der Waals surface area contributed by atoms with Crippen LogP contribution >= 0.6 is 0 Å². The van der Waals surface area contributed by atoms with E-state index in [9.17, 15) is 13.6 Å². The van der Waals surface area contributed by atoms with E-state index in [0.717, 1.165) is 17.9 Å². The molecule has 0 bridgehead atoms. The van der Waals surface area contributed by atoms with Crippen LogP contribution in [0.15, 0.2) is 18.3 Å². The molecule has 3 rings (SSSR count). The standard InChI is InChI=1S/C10H10F2N2.C6H11NO/c1-6-3-4-14-8(9(11)12)5-7(2)13-10(6)14;1-5(7-4-8)6-2-3-6/h3-5,9H,1-2H3;4-6H,2-3H2,1H3,(H,7,8). The highest BCUT2D eigenvalue weighted by molar-refractivity contribution is 5.49. The van der Waals surface area contributed by atoms with Crippen molar-refractivity contribution >= 4 is 12.1 Å². The molecule has 1 fully saturated rings. The second kappa shape index (κ2) is 6.85. The molecule has 6 heteroatoms. The Morgan fingerprint density at radius 2 is 2.09 bits per heavy atom. The molecule has 1 atom stereocenters. The van der Waals surface area contributed by atoms with Gasteiger partial charge in [0.15, 0.2) is 0 Å². The number of rotatable bonds is 4. The lowest BCUT2D eigenvalue weighted by molar-refractivity contribution is -0.110. The zero-order chi connectivity index (χ0) is 16.3. The second-order valence-electron chi connectivity index (χ2n) is 5.73. The van der Waals surface area contributed by atoms with Gasteiger partial charge in [-0.2, -0.15) is 0 Å². The van der Waals surface area contributed by atoms with Crippen molar-refractivity contribution in [3.63, 3.8) is 0 Å². The molecule has 120 valence electrons. The molecule has 22 heavy (non-hydrogen) atoms. The second-order valence-corrected chi connectivity index (χ2v) is 5.73. The van der Waals surface area contributed by atoms with E-state index < -0.39 is 6.43 Å². The van der Waals surface area contributed by atoms with Crippen molar-refractivity contribution in [1.82, 2.24) is 14.7 Å². The third-order valence-corrected chi connectivity index (χ3v) is 3.86. The number of fused-ring (bicyclic) bond motifs is 1. The summed E-state index contributed by atoms with van der Waals surface area (Å²) in [7, 11) is 0. The maximum atomic E-state index is 12.6. The van der Waals surface area contributed by atoms with Gasteiger partial charge in [0.05, 0.1) is 5.69 Å². The Morgan fingerprint density at radius 3 is 2.64 bits per heavy atom. The van der Waals surface area contributed by atoms with Gasteiger partial charge in [0.1, 0.15) is 5.65 Å².